The van der Waals surface area contributed by atoms with Crippen molar-refractivity contribution in [1.82, 2.24) is 4.90 Å². The lowest BCUT2D eigenvalue weighted by Gasteiger charge is -2.10. The highest BCUT2D eigenvalue weighted by Crippen LogP contribution is 2.22. The molecule has 0 saturated carbocycles. The number of nitriles is 1. The Kier molecular flexibility index (Phi) is 3.29. The molecule has 1 aromatic rings. The van der Waals surface area contributed by atoms with Gasteiger partial charge in [0.25, 0.3) is 5.91 Å². The zero-order valence-corrected chi connectivity index (χ0v) is 8.52. The molecule has 0 aliphatic carbocycles. The van der Waals surface area contributed by atoms with Crippen LogP contribution in [0.1, 0.15) is 9.67 Å². The minimum atomic E-state index is -0.168. The van der Waals surface area contributed by atoms with E-state index in [9.17, 15) is 4.79 Å². The quantitative estimate of drug-likeness (QED) is 0.707. The van der Waals surface area contributed by atoms with E-state index >= 15 is 0 Å². The van der Waals surface area contributed by atoms with Crippen LogP contribution in [0.5, 0.6) is 0 Å². The fourth-order valence-electron chi connectivity index (χ4n) is 0.795. The second-order valence-corrected chi connectivity index (χ2v) is 4.14. The van der Waals surface area contributed by atoms with Gasteiger partial charge in [-0.2, -0.15) is 5.26 Å². The third kappa shape index (κ3) is 2.44. The number of hydrogen-bond acceptors (Lipinski definition) is 3. The van der Waals surface area contributed by atoms with Crippen LogP contribution in [0.3, 0.4) is 0 Å². The first-order chi connectivity index (χ1) is 6.15. The summed E-state index contributed by atoms with van der Waals surface area (Å²) < 4.78 is 0.578. The molecule has 3 nitrogen and oxygen atoms in total. The Balaban J connectivity index is 2.74. The Bertz CT molecular complexity index is 355. The molecular formula is C8H7ClN2OS. The first kappa shape index (κ1) is 10.0. The predicted octanol–water partition coefficient (Wildman–Crippen LogP) is 2.00. The Morgan fingerprint density at radius 3 is 2.92 bits per heavy atom. The Morgan fingerprint density at radius 1 is 1.77 bits per heavy atom. The van der Waals surface area contributed by atoms with Crippen LogP contribution in [0.2, 0.25) is 4.34 Å². The number of hydrogen-bond donors (Lipinski definition) is 0. The fraction of sp³-hybridized carbons (Fsp3) is 0.250. The summed E-state index contributed by atoms with van der Waals surface area (Å²) in [6.07, 6.45) is 0. The monoisotopic (exact) mass is 214 g/mol. The summed E-state index contributed by atoms with van der Waals surface area (Å²) in [7, 11) is 1.58. The molecular weight excluding hydrogens is 208 g/mol. The number of amides is 1. The van der Waals surface area contributed by atoms with Gasteiger partial charge in [-0.1, -0.05) is 11.6 Å². The summed E-state index contributed by atoms with van der Waals surface area (Å²) in [5.74, 6) is -0.168. The molecule has 0 spiro atoms. The molecule has 68 valence electrons. The number of carbonyl (C=O) groups excluding carboxylic acids is 1. The molecule has 0 unspecified atom stereocenters. The lowest BCUT2D eigenvalue weighted by atomic mass is 10.4. The minimum Gasteiger partial charge on any atom is -0.328 e. The van der Waals surface area contributed by atoms with Gasteiger partial charge in [-0.15, -0.1) is 11.3 Å². The SMILES string of the molecule is CN(CC#N)C(=O)c1ccc(Cl)s1. The molecule has 0 aliphatic rings. The van der Waals surface area contributed by atoms with Crippen LogP contribution >= 0.6 is 22.9 Å². The highest BCUT2D eigenvalue weighted by Gasteiger charge is 2.12. The van der Waals surface area contributed by atoms with Crippen molar-refractivity contribution in [2.45, 2.75) is 0 Å². The lowest BCUT2D eigenvalue weighted by Crippen LogP contribution is -2.26. The van der Waals surface area contributed by atoms with Gasteiger partial charge in [0.05, 0.1) is 15.3 Å². The number of thiophene rings is 1. The Morgan fingerprint density at radius 2 is 2.46 bits per heavy atom. The van der Waals surface area contributed by atoms with Gasteiger partial charge in [0, 0.05) is 7.05 Å². The second kappa shape index (κ2) is 4.26. The second-order valence-electron chi connectivity index (χ2n) is 2.42. The summed E-state index contributed by atoms with van der Waals surface area (Å²) in [6, 6.07) is 5.22. The number of carbonyl (C=O) groups is 1. The van der Waals surface area contributed by atoms with Gasteiger partial charge >= 0.3 is 0 Å². The highest BCUT2D eigenvalue weighted by molar-refractivity contribution is 7.17. The predicted molar refractivity (Wildman–Crippen MR) is 51.9 cm³/mol. The number of halogens is 1. The summed E-state index contributed by atoms with van der Waals surface area (Å²) in [4.78, 5) is 13.4. The molecule has 1 aromatic heterocycles. The molecule has 0 atom stereocenters. The van der Waals surface area contributed by atoms with Crippen molar-refractivity contribution >= 4 is 28.8 Å². The van der Waals surface area contributed by atoms with Crippen LogP contribution in [0.15, 0.2) is 12.1 Å². The third-order valence-electron chi connectivity index (χ3n) is 1.44. The molecule has 0 radical (unpaired) electrons. The average Bonchev–Trinajstić information content (AvgIpc) is 2.51. The van der Waals surface area contributed by atoms with Crippen LogP contribution in [0.25, 0.3) is 0 Å². The van der Waals surface area contributed by atoms with E-state index in [2.05, 4.69) is 0 Å². The van der Waals surface area contributed by atoms with E-state index < -0.39 is 0 Å². The van der Waals surface area contributed by atoms with Crippen LogP contribution in [-0.2, 0) is 0 Å². The van der Waals surface area contributed by atoms with Crippen molar-refractivity contribution in [1.29, 1.82) is 5.26 Å². The smallest absolute Gasteiger partial charge is 0.264 e. The zero-order valence-electron chi connectivity index (χ0n) is 6.95. The largest absolute Gasteiger partial charge is 0.328 e. The number of nitrogens with zero attached hydrogens (tertiary/aromatic N) is 2. The van der Waals surface area contributed by atoms with Crippen molar-refractivity contribution in [3.63, 3.8) is 0 Å². The van der Waals surface area contributed by atoms with Gasteiger partial charge in [-0.3, -0.25) is 4.79 Å². The van der Waals surface area contributed by atoms with E-state index in [1.807, 2.05) is 6.07 Å². The molecule has 1 heterocycles. The maximum atomic E-state index is 11.5. The first-order valence-electron chi connectivity index (χ1n) is 3.53. The lowest BCUT2D eigenvalue weighted by molar-refractivity contribution is 0.0816. The average molecular weight is 215 g/mol. The summed E-state index contributed by atoms with van der Waals surface area (Å²) in [6.45, 7) is 0.0916. The fourth-order valence-corrected chi connectivity index (χ4v) is 1.83. The highest BCUT2D eigenvalue weighted by atomic mass is 35.5. The first-order valence-corrected chi connectivity index (χ1v) is 4.72. The van der Waals surface area contributed by atoms with Gasteiger partial charge in [-0.25, -0.2) is 0 Å². The summed E-state index contributed by atoms with van der Waals surface area (Å²) >= 11 is 6.88. The van der Waals surface area contributed by atoms with E-state index in [1.54, 1.807) is 19.2 Å². The molecule has 0 N–H and O–H groups in total. The molecule has 0 bridgehead atoms. The molecule has 0 aliphatic heterocycles. The Hall–Kier alpha value is -1.05. The molecule has 5 heteroatoms. The van der Waals surface area contributed by atoms with E-state index in [0.717, 1.165) is 0 Å². The molecule has 0 aromatic carbocycles. The van der Waals surface area contributed by atoms with Crippen LogP contribution in [-0.4, -0.2) is 24.4 Å². The normalized spacial score (nSPS) is 9.31. The van der Waals surface area contributed by atoms with Crippen molar-refractivity contribution in [2.24, 2.45) is 0 Å². The van der Waals surface area contributed by atoms with Gasteiger partial charge < -0.3 is 4.90 Å². The van der Waals surface area contributed by atoms with Crippen LogP contribution in [0.4, 0.5) is 0 Å². The third-order valence-corrected chi connectivity index (χ3v) is 2.66. The van der Waals surface area contributed by atoms with Crippen molar-refractivity contribution < 1.29 is 4.79 Å². The van der Waals surface area contributed by atoms with Crippen molar-refractivity contribution in [3.05, 3.63) is 21.3 Å². The van der Waals surface area contributed by atoms with Crippen molar-refractivity contribution in [3.8, 4) is 6.07 Å². The van der Waals surface area contributed by atoms with E-state index in [-0.39, 0.29) is 12.5 Å². The van der Waals surface area contributed by atoms with Gasteiger partial charge in [0.15, 0.2) is 0 Å². The molecule has 13 heavy (non-hydrogen) atoms. The maximum Gasteiger partial charge on any atom is 0.264 e. The molecule has 1 amide bonds. The molecule has 1 rings (SSSR count). The zero-order chi connectivity index (χ0) is 9.84. The molecule has 0 fully saturated rings. The number of rotatable bonds is 2. The maximum absolute atomic E-state index is 11.5. The van der Waals surface area contributed by atoms with Gasteiger partial charge in [0.1, 0.15) is 6.54 Å². The van der Waals surface area contributed by atoms with E-state index in [1.165, 1.54) is 16.2 Å². The Labute approximate surface area is 85.1 Å². The van der Waals surface area contributed by atoms with Crippen molar-refractivity contribution in [2.75, 3.05) is 13.6 Å². The van der Waals surface area contributed by atoms with Gasteiger partial charge in [-0.05, 0) is 12.1 Å². The molecule has 0 saturated heterocycles. The van der Waals surface area contributed by atoms with Gasteiger partial charge in [0.2, 0.25) is 0 Å². The summed E-state index contributed by atoms with van der Waals surface area (Å²) in [5, 5.41) is 8.37. The minimum absolute atomic E-state index is 0.0916. The summed E-state index contributed by atoms with van der Waals surface area (Å²) in [5.41, 5.74) is 0. The van der Waals surface area contributed by atoms with Crippen LogP contribution < -0.4 is 0 Å². The topological polar surface area (TPSA) is 44.1 Å². The standard InChI is InChI=1S/C8H7ClN2OS/c1-11(5-4-10)8(12)6-2-3-7(9)13-6/h2-3H,5H2,1H3. The van der Waals surface area contributed by atoms with E-state index in [0.29, 0.717) is 9.21 Å². The van der Waals surface area contributed by atoms with Crippen LogP contribution in [0, 0.1) is 11.3 Å². The van der Waals surface area contributed by atoms with E-state index in [4.69, 9.17) is 16.9 Å².